The van der Waals surface area contributed by atoms with Crippen molar-refractivity contribution in [2.24, 2.45) is 0 Å². The fourth-order valence-corrected chi connectivity index (χ4v) is 3.25. The van der Waals surface area contributed by atoms with Crippen LogP contribution in [-0.2, 0) is 4.74 Å². The lowest BCUT2D eigenvalue weighted by Gasteiger charge is -2.35. The molecule has 21 heavy (non-hydrogen) atoms. The number of fused-ring (bicyclic) bond motifs is 1. The van der Waals surface area contributed by atoms with Crippen molar-refractivity contribution in [1.82, 2.24) is 4.90 Å². The third kappa shape index (κ3) is 3.11. The first-order chi connectivity index (χ1) is 10.0. The van der Waals surface area contributed by atoms with Crippen LogP contribution in [0.15, 0.2) is 40.9 Å². The number of amides is 1. The zero-order valence-corrected chi connectivity index (χ0v) is 13.8. The zero-order chi connectivity index (χ0) is 15.0. The summed E-state index contributed by atoms with van der Waals surface area (Å²) in [5.74, 6) is 0.0850. The van der Waals surface area contributed by atoms with Gasteiger partial charge in [-0.1, -0.05) is 28.1 Å². The van der Waals surface area contributed by atoms with E-state index < -0.39 is 0 Å². The van der Waals surface area contributed by atoms with Crippen molar-refractivity contribution < 1.29 is 9.53 Å². The molecule has 3 nitrogen and oxygen atoms in total. The molecule has 0 spiro atoms. The number of nitrogens with zero attached hydrogens (tertiary/aromatic N) is 1. The third-order valence-corrected chi connectivity index (χ3v) is 4.25. The monoisotopic (exact) mass is 347 g/mol. The number of ether oxygens (including phenoxy) is 1. The van der Waals surface area contributed by atoms with Crippen molar-refractivity contribution in [2.75, 3.05) is 13.1 Å². The van der Waals surface area contributed by atoms with Crippen LogP contribution >= 0.6 is 15.9 Å². The standard InChI is InChI=1S/C17H18BrNO2/c1-11-9-19(10-12(2)21-11)17(20)15-4-3-14-8-16(18)6-5-13(14)7-15/h3-8,11-12H,9-10H2,1-2H3/t11-,12+. The molecule has 3 rings (SSSR count). The molecule has 0 aliphatic carbocycles. The number of rotatable bonds is 1. The Kier molecular flexibility index (Phi) is 4.00. The fraction of sp³-hybridized carbons (Fsp3) is 0.353. The summed E-state index contributed by atoms with van der Waals surface area (Å²) in [6, 6.07) is 12.0. The molecule has 1 saturated heterocycles. The largest absolute Gasteiger partial charge is 0.372 e. The smallest absolute Gasteiger partial charge is 0.254 e. The van der Waals surface area contributed by atoms with Gasteiger partial charge in [0.1, 0.15) is 0 Å². The first-order valence-corrected chi connectivity index (χ1v) is 7.96. The minimum absolute atomic E-state index is 0.0850. The molecule has 4 heteroatoms. The zero-order valence-electron chi connectivity index (χ0n) is 12.2. The average molecular weight is 348 g/mol. The second kappa shape index (κ2) is 5.78. The van der Waals surface area contributed by atoms with E-state index in [9.17, 15) is 4.79 Å². The maximum absolute atomic E-state index is 12.7. The average Bonchev–Trinajstić information content (AvgIpc) is 2.45. The van der Waals surface area contributed by atoms with Gasteiger partial charge in [-0.25, -0.2) is 0 Å². The van der Waals surface area contributed by atoms with E-state index in [0.717, 1.165) is 20.8 Å². The highest BCUT2D eigenvalue weighted by Crippen LogP contribution is 2.22. The van der Waals surface area contributed by atoms with E-state index >= 15 is 0 Å². The van der Waals surface area contributed by atoms with Crippen molar-refractivity contribution in [3.8, 4) is 0 Å². The molecule has 2 aromatic carbocycles. The summed E-state index contributed by atoms with van der Waals surface area (Å²) < 4.78 is 6.73. The van der Waals surface area contributed by atoms with Crippen LogP contribution in [0.5, 0.6) is 0 Å². The number of hydrogen-bond acceptors (Lipinski definition) is 2. The summed E-state index contributed by atoms with van der Waals surface area (Å²) in [7, 11) is 0. The normalized spacial score (nSPS) is 22.5. The fourth-order valence-electron chi connectivity index (χ4n) is 2.88. The molecule has 0 unspecified atom stereocenters. The van der Waals surface area contributed by atoms with Crippen LogP contribution in [0.1, 0.15) is 24.2 Å². The second-order valence-corrected chi connectivity index (χ2v) is 6.59. The number of carbonyl (C=O) groups is 1. The van der Waals surface area contributed by atoms with Gasteiger partial charge in [0.15, 0.2) is 0 Å². The number of halogens is 1. The Balaban J connectivity index is 1.89. The van der Waals surface area contributed by atoms with Crippen molar-refractivity contribution >= 4 is 32.6 Å². The Morgan fingerprint density at radius 3 is 2.43 bits per heavy atom. The third-order valence-electron chi connectivity index (χ3n) is 3.76. The highest BCUT2D eigenvalue weighted by molar-refractivity contribution is 9.10. The SMILES string of the molecule is C[C@@H]1CN(C(=O)c2ccc3cc(Br)ccc3c2)C[C@H](C)O1. The Morgan fingerprint density at radius 1 is 1.10 bits per heavy atom. The summed E-state index contributed by atoms with van der Waals surface area (Å²) in [5.41, 5.74) is 0.742. The van der Waals surface area contributed by atoms with Crippen LogP contribution in [0.3, 0.4) is 0 Å². The summed E-state index contributed by atoms with van der Waals surface area (Å²) in [6.45, 7) is 5.32. The van der Waals surface area contributed by atoms with Crippen LogP contribution in [-0.4, -0.2) is 36.1 Å². The highest BCUT2D eigenvalue weighted by atomic mass is 79.9. The van der Waals surface area contributed by atoms with Gasteiger partial charge < -0.3 is 9.64 Å². The Bertz CT molecular complexity index is 676. The summed E-state index contributed by atoms with van der Waals surface area (Å²) in [4.78, 5) is 14.6. The van der Waals surface area contributed by atoms with E-state index in [1.807, 2.05) is 49.1 Å². The number of benzene rings is 2. The first-order valence-electron chi connectivity index (χ1n) is 7.17. The lowest BCUT2D eigenvalue weighted by Crippen LogP contribution is -2.48. The second-order valence-electron chi connectivity index (χ2n) is 5.67. The molecule has 1 aliphatic heterocycles. The summed E-state index contributed by atoms with van der Waals surface area (Å²) >= 11 is 3.47. The van der Waals surface area contributed by atoms with Gasteiger partial charge in [-0.3, -0.25) is 4.79 Å². The van der Waals surface area contributed by atoms with Gasteiger partial charge in [-0.2, -0.15) is 0 Å². The first kappa shape index (κ1) is 14.5. The number of carbonyl (C=O) groups excluding carboxylic acids is 1. The van der Waals surface area contributed by atoms with Gasteiger partial charge in [0, 0.05) is 23.1 Å². The van der Waals surface area contributed by atoms with Gasteiger partial charge in [0.05, 0.1) is 12.2 Å². The summed E-state index contributed by atoms with van der Waals surface area (Å²) in [5, 5.41) is 2.21. The van der Waals surface area contributed by atoms with Crippen LogP contribution in [0, 0.1) is 0 Å². The van der Waals surface area contributed by atoms with Crippen molar-refractivity contribution in [3.63, 3.8) is 0 Å². The van der Waals surface area contributed by atoms with E-state index in [-0.39, 0.29) is 18.1 Å². The van der Waals surface area contributed by atoms with Crippen LogP contribution in [0.2, 0.25) is 0 Å². The van der Waals surface area contributed by atoms with Crippen molar-refractivity contribution in [3.05, 3.63) is 46.4 Å². The molecule has 0 radical (unpaired) electrons. The molecular formula is C17H18BrNO2. The number of morpholine rings is 1. The van der Waals surface area contributed by atoms with E-state index in [0.29, 0.717) is 13.1 Å². The van der Waals surface area contributed by atoms with E-state index in [4.69, 9.17) is 4.74 Å². The lowest BCUT2D eigenvalue weighted by molar-refractivity contribution is -0.0586. The van der Waals surface area contributed by atoms with Gasteiger partial charge in [-0.15, -0.1) is 0 Å². The van der Waals surface area contributed by atoms with Gasteiger partial charge in [0.2, 0.25) is 0 Å². The quantitative estimate of drug-likeness (QED) is 0.783. The van der Waals surface area contributed by atoms with E-state index in [1.165, 1.54) is 0 Å². The van der Waals surface area contributed by atoms with Gasteiger partial charge in [0.25, 0.3) is 5.91 Å². The number of hydrogen-bond donors (Lipinski definition) is 0. The van der Waals surface area contributed by atoms with Crippen molar-refractivity contribution in [1.29, 1.82) is 0 Å². The van der Waals surface area contributed by atoms with Crippen LogP contribution in [0.4, 0.5) is 0 Å². The molecule has 1 heterocycles. The predicted molar refractivity (Wildman–Crippen MR) is 87.6 cm³/mol. The van der Waals surface area contributed by atoms with Gasteiger partial charge in [-0.05, 0) is 48.9 Å². The molecule has 0 bridgehead atoms. The topological polar surface area (TPSA) is 29.5 Å². The summed E-state index contributed by atoms with van der Waals surface area (Å²) in [6.07, 6.45) is 0.184. The van der Waals surface area contributed by atoms with Crippen molar-refractivity contribution in [2.45, 2.75) is 26.1 Å². The molecule has 1 fully saturated rings. The van der Waals surface area contributed by atoms with E-state index in [1.54, 1.807) is 0 Å². The molecule has 1 amide bonds. The van der Waals surface area contributed by atoms with Crippen LogP contribution < -0.4 is 0 Å². The maximum atomic E-state index is 12.7. The highest BCUT2D eigenvalue weighted by Gasteiger charge is 2.26. The molecule has 0 saturated carbocycles. The Morgan fingerprint density at radius 2 is 1.71 bits per heavy atom. The molecule has 110 valence electrons. The Labute approximate surface area is 133 Å². The maximum Gasteiger partial charge on any atom is 0.254 e. The minimum Gasteiger partial charge on any atom is -0.372 e. The molecule has 1 aliphatic rings. The molecule has 0 aromatic heterocycles. The minimum atomic E-state index is 0.0850. The van der Waals surface area contributed by atoms with Gasteiger partial charge >= 0.3 is 0 Å². The predicted octanol–water partition coefficient (Wildman–Crippen LogP) is 3.85. The molecule has 2 atom stereocenters. The van der Waals surface area contributed by atoms with Crippen LogP contribution in [0.25, 0.3) is 10.8 Å². The Hall–Kier alpha value is -1.39. The lowest BCUT2D eigenvalue weighted by atomic mass is 10.1. The molecular weight excluding hydrogens is 330 g/mol. The van der Waals surface area contributed by atoms with E-state index in [2.05, 4.69) is 22.0 Å². The molecule has 2 aromatic rings. The molecule has 0 N–H and O–H groups in total.